The lowest BCUT2D eigenvalue weighted by Crippen LogP contribution is -2.48. The third kappa shape index (κ3) is 5.34. The molecule has 1 N–H and O–H groups in total. The van der Waals surface area contributed by atoms with Gasteiger partial charge in [0.05, 0.1) is 25.1 Å². The van der Waals surface area contributed by atoms with E-state index in [1.54, 1.807) is 18.9 Å². The topological polar surface area (TPSA) is 79.0 Å². The number of hydrogen-bond acceptors (Lipinski definition) is 5. The van der Waals surface area contributed by atoms with Gasteiger partial charge in [-0.25, -0.2) is 0 Å². The molecule has 2 aliphatic heterocycles. The zero-order valence-electron chi connectivity index (χ0n) is 14.5. The standard InChI is InChI=1S/C16H27N3O4.ClH/c1-3-23-16(22)12-6-9-19(10-7-12)14(20)11-18(2)15(21)13-5-4-8-17-13;/h12-13,17H,3-11H2,1-2H3;1H. The summed E-state index contributed by atoms with van der Waals surface area (Å²) in [6.07, 6.45) is 3.10. The van der Waals surface area contributed by atoms with Gasteiger partial charge in [0.2, 0.25) is 11.8 Å². The van der Waals surface area contributed by atoms with Crippen molar-refractivity contribution in [2.45, 2.75) is 38.6 Å². The smallest absolute Gasteiger partial charge is 0.309 e. The fourth-order valence-corrected chi connectivity index (χ4v) is 3.17. The van der Waals surface area contributed by atoms with E-state index in [1.165, 1.54) is 4.90 Å². The molecule has 0 saturated carbocycles. The summed E-state index contributed by atoms with van der Waals surface area (Å²) in [5.74, 6) is -0.348. The molecule has 2 amide bonds. The van der Waals surface area contributed by atoms with Crippen LogP contribution >= 0.6 is 12.4 Å². The molecule has 1 atom stereocenters. The summed E-state index contributed by atoms with van der Waals surface area (Å²) in [5.41, 5.74) is 0. The molecule has 0 aromatic rings. The summed E-state index contributed by atoms with van der Waals surface area (Å²) in [6, 6.07) is -0.151. The van der Waals surface area contributed by atoms with Crippen LogP contribution in [0.2, 0.25) is 0 Å². The minimum absolute atomic E-state index is 0. The maximum atomic E-state index is 12.3. The van der Waals surface area contributed by atoms with Crippen molar-refractivity contribution in [2.75, 3.05) is 39.8 Å². The van der Waals surface area contributed by atoms with Crippen LogP contribution < -0.4 is 5.32 Å². The Labute approximate surface area is 149 Å². The van der Waals surface area contributed by atoms with Crippen molar-refractivity contribution in [1.82, 2.24) is 15.1 Å². The quantitative estimate of drug-likeness (QED) is 0.718. The first kappa shape index (κ1) is 20.7. The van der Waals surface area contributed by atoms with Gasteiger partial charge in [-0.1, -0.05) is 0 Å². The Hall–Kier alpha value is -1.34. The van der Waals surface area contributed by atoms with Gasteiger partial charge in [0.25, 0.3) is 0 Å². The number of halogens is 1. The van der Waals surface area contributed by atoms with Gasteiger partial charge in [-0.2, -0.15) is 0 Å². The molecule has 0 aromatic carbocycles. The Morgan fingerprint density at radius 2 is 1.88 bits per heavy atom. The van der Waals surface area contributed by atoms with Gasteiger partial charge in [0, 0.05) is 20.1 Å². The molecule has 0 aliphatic carbocycles. The van der Waals surface area contributed by atoms with Crippen molar-refractivity contribution in [3.63, 3.8) is 0 Å². The fourth-order valence-electron chi connectivity index (χ4n) is 3.17. The number of nitrogens with zero attached hydrogens (tertiary/aromatic N) is 2. The molecule has 8 heteroatoms. The van der Waals surface area contributed by atoms with E-state index in [2.05, 4.69) is 5.32 Å². The highest BCUT2D eigenvalue weighted by atomic mass is 35.5. The number of carbonyl (C=O) groups is 3. The van der Waals surface area contributed by atoms with Crippen LogP contribution in [0.1, 0.15) is 32.6 Å². The van der Waals surface area contributed by atoms with Crippen LogP contribution in [-0.4, -0.2) is 73.5 Å². The molecule has 0 bridgehead atoms. The summed E-state index contributed by atoms with van der Waals surface area (Å²) in [7, 11) is 1.67. The Morgan fingerprint density at radius 3 is 2.42 bits per heavy atom. The molecule has 2 rings (SSSR count). The Kier molecular flexibility index (Phi) is 8.48. The second-order valence-corrected chi connectivity index (χ2v) is 6.25. The van der Waals surface area contributed by atoms with E-state index >= 15 is 0 Å². The Morgan fingerprint density at radius 1 is 1.21 bits per heavy atom. The molecule has 0 aromatic heterocycles. The number of hydrogen-bond donors (Lipinski definition) is 1. The number of nitrogens with one attached hydrogen (secondary N) is 1. The predicted molar refractivity (Wildman–Crippen MR) is 91.8 cm³/mol. The summed E-state index contributed by atoms with van der Waals surface area (Å²) in [5, 5.41) is 3.15. The van der Waals surface area contributed by atoms with E-state index in [4.69, 9.17) is 4.74 Å². The largest absolute Gasteiger partial charge is 0.466 e. The van der Waals surface area contributed by atoms with E-state index in [9.17, 15) is 14.4 Å². The van der Waals surface area contributed by atoms with Crippen LogP contribution in [-0.2, 0) is 19.1 Å². The third-order valence-corrected chi connectivity index (χ3v) is 4.57. The van der Waals surface area contributed by atoms with E-state index in [1.807, 2.05) is 0 Å². The highest BCUT2D eigenvalue weighted by Gasteiger charge is 2.30. The Balaban J connectivity index is 0.00000288. The van der Waals surface area contributed by atoms with Gasteiger partial charge in [-0.15, -0.1) is 12.4 Å². The normalized spacial score (nSPS) is 21.1. The molecule has 2 heterocycles. The maximum Gasteiger partial charge on any atom is 0.309 e. The Bertz CT molecular complexity index is 447. The van der Waals surface area contributed by atoms with Crippen LogP contribution in [0.3, 0.4) is 0 Å². The molecule has 0 spiro atoms. The summed E-state index contributed by atoms with van der Waals surface area (Å²) in [6.45, 7) is 4.24. The van der Waals surface area contributed by atoms with E-state index < -0.39 is 0 Å². The van der Waals surface area contributed by atoms with Crippen LogP contribution in [0, 0.1) is 5.92 Å². The van der Waals surface area contributed by atoms with Gasteiger partial charge in [0.1, 0.15) is 0 Å². The molecule has 0 radical (unpaired) electrons. The minimum Gasteiger partial charge on any atom is -0.466 e. The van der Waals surface area contributed by atoms with Crippen molar-refractivity contribution in [1.29, 1.82) is 0 Å². The lowest BCUT2D eigenvalue weighted by molar-refractivity contribution is -0.151. The number of amides is 2. The number of piperidine rings is 1. The van der Waals surface area contributed by atoms with E-state index in [0.717, 1.165) is 19.4 Å². The molecule has 2 aliphatic rings. The van der Waals surface area contributed by atoms with Crippen molar-refractivity contribution in [3.8, 4) is 0 Å². The van der Waals surface area contributed by atoms with E-state index in [-0.39, 0.29) is 48.7 Å². The third-order valence-electron chi connectivity index (χ3n) is 4.57. The molecule has 2 saturated heterocycles. The summed E-state index contributed by atoms with van der Waals surface area (Å²) in [4.78, 5) is 39.5. The molecular formula is C16H28ClN3O4. The van der Waals surface area contributed by atoms with Gasteiger partial charge in [-0.05, 0) is 39.2 Å². The maximum absolute atomic E-state index is 12.3. The number of rotatable bonds is 5. The van der Waals surface area contributed by atoms with Gasteiger partial charge >= 0.3 is 5.97 Å². The minimum atomic E-state index is -0.167. The predicted octanol–water partition coefficient (Wildman–Crippen LogP) is 0.420. The number of likely N-dealkylation sites (tertiary alicyclic amines) is 1. The number of likely N-dealkylation sites (N-methyl/N-ethyl adjacent to an activating group) is 1. The van der Waals surface area contributed by atoms with Crippen molar-refractivity contribution in [3.05, 3.63) is 0 Å². The second-order valence-electron chi connectivity index (χ2n) is 6.25. The molecule has 1 unspecified atom stereocenters. The molecule has 24 heavy (non-hydrogen) atoms. The average molecular weight is 362 g/mol. The summed E-state index contributed by atoms with van der Waals surface area (Å²) >= 11 is 0. The lowest BCUT2D eigenvalue weighted by Gasteiger charge is -2.32. The van der Waals surface area contributed by atoms with Gasteiger partial charge in [0.15, 0.2) is 0 Å². The van der Waals surface area contributed by atoms with Crippen LogP contribution in [0.25, 0.3) is 0 Å². The first-order valence-corrected chi connectivity index (χ1v) is 8.45. The lowest BCUT2D eigenvalue weighted by atomic mass is 9.97. The van der Waals surface area contributed by atoms with Gasteiger partial charge < -0.3 is 19.9 Å². The van der Waals surface area contributed by atoms with Crippen molar-refractivity contribution in [2.24, 2.45) is 5.92 Å². The molecule has 138 valence electrons. The van der Waals surface area contributed by atoms with Crippen LogP contribution in [0.15, 0.2) is 0 Å². The van der Waals surface area contributed by atoms with E-state index in [0.29, 0.717) is 32.5 Å². The second kappa shape index (κ2) is 9.84. The SMILES string of the molecule is CCOC(=O)C1CCN(C(=O)CN(C)C(=O)C2CCCN2)CC1.Cl. The monoisotopic (exact) mass is 361 g/mol. The zero-order valence-corrected chi connectivity index (χ0v) is 15.3. The number of ether oxygens (including phenoxy) is 1. The van der Waals surface area contributed by atoms with Crippen LogP contribution in [0.4, 0.5) is 0 Å². The van der Waals surface area contributed by atoms with Gasteiger partial charge in [-0.3, -0.25) is 14.4 Å². The number of esters is 1. The summed E-state index contributed by atoms with van der Waals surface area (Å²) < 4.78 is 5.03. The van der Waals surface area contributed by atoms with Crippen molar-refractivity contribution >= 4 is 30.2 Å². The highest BCUT2D eigenvalue weighted by molar-refractivity contribution is 5.87. The zero-order chi connectivity index (χ0) is 16.8. The molecule has 2 fully saturated rings. The molecular weight excluding hydrogens is 334 g/mol. The van der Waals surface area contributed by atoms with Crippen LogP contribution in [0.5, 0.6) is 0 Å². The number of carbonyl (C=O) groups excluding carboxylic acids is 3. The first-order chi connectivity index (χ1) is 11.0. The van der Waals surface area contributed by atoms with Crippen molar-refractivity contribution < 1.29 is 19.1 Å². The fraction of sp³-hybridized carbons (Fsp3) is 0.812. The molecule has 7 nitrogen and oxygen atoms in total. The highest BCUT2D eigenvalue weighted by Crippen LogP contribution is 2.19. The first-order valence-electron chi connectivity index (χ1n) is 8.45. The average Bonchev–Trinajstić information content (AvgIpc) is 3.08.